The molecule has 8 heteroatoms. The molecule has 0 aromatic heterocycles. The van der Waals surface area contributed by atoms with Crippen molar-refractivity contribution in [2.75, 3.05) is 29.7 Å². The van der Waals surface area contributed by atoms with Crippen LogP contribution < -0.4 is 9.62 Å². The molecule has 2 heterocycles. The monoisotopic (exact) mass is 441 g/mol. The van der Waals surface area contributed by atoms with Crippen LogP contribution in [0.2, 0.25) is 0 Å². The van der Waals surface area contributed by atoms with E-state index in [1.807, 2.05) is 18.2 Å². The molecule has 0 atom stereocenters. The quantitative estimate of drug-likeness (QED) is 0.719. The van der Waals surface area contributed by atoms with Crippen molar-refractivity contribution >= 4 is 27.5 Å². The van der Waals surface area contributed by atoms with E-state index in [0.29, 0.717) is 31.7 Å². The minimum Gasteiger partial charge on any atom is -0.344 e. The molecule has 4 rings (SSSR count). The number of hydrogen-bond acceptors (Lipinski definition) is 4. The SMILES string of the molecule is CC1(Cc2ccccc2)CN(C(=O)C(=O)NCc2ccc(N3CCCS3(=O)=O)cc2)C1. The smallest absolute Gasteiger partial charge is 0.311 e. The summed E-state index contributed by atoms with van der Waals surface area (Å²) in [5.41, 5.74) is 2.65. The van der Waals surface area contributed by atoms with Crippen LogP contribution in [0.5, 0.6) is 0 Å². The molecule has 2 saturated heterocycles. The Morgan fingerprint density at radius 1 is 1.00 bits per heavy atom. The average Bonchev–Trinajstić information content (AvgIpc) is 3.09. The highest BCUT2D eigenvalue weighted by Gasteiger charge is 2.42. The maximum atomic E-state index is 12.4. The first kappa shape index (κ1) is 21.4. The predicted octanol–water partition coefficient (Wildman–Crippen LogP) is 1.93. The molecule has 2 aliphatic rings. The Bertz CT molecular complexity index is 1060. The van der Waals surface area contributed by atoms with Crippen molar-refractivity contribution in [1.29, 1.82) is 0 Å². The average molecular weight is 442 g/mol. The van der Waals surface area contributed by atoms with Gasteiger partial charge in [-0.1, -0.05) is 49.4 Å². The van der Waals surface area contributed by atoms with Crippen LogP contribution in [0.4, 0.5) is 5.69 Å². The summed E-state index contributed by atoms with van der Waals surface area (Å²) >= 11 is 0. The lowest BCUT2D eigenvalue weighted by atomic mass is 9.76. The van der Waals surface area contributed by atoms with Crippen molar-refractivity contribution in [3.8, 4) is 0 Å². The highest BCUT2D eigenvalue weighted by atomic mass is 32.2. The Balaban J connectivity index is 1.26. The van der Waals surface area contributed by atoms with Gasteiger partial charge in [0.05, 0.1) is 11.4 Å². The lowest BCUT2D eigenvalue weighted by Crippen LogP contribution is -2.60. The van der Waals surface area contributed by atoms with Crippen LogP contribution in [0.25, 0.3) is 0 Å². The molecule has 2 amide bonds. The van der Waals surface area contributed by atoms with E-state index in [2.05, 4.69) is 24.4 Å². The number of sulfonamides is 1. The van der Waals surface area contributed by atoms with E-state index in [-0.39, 0.29) is 17.7 Å². The van der Waals surface area contributed by atoms with E-state index < -0.39 is 21.8 Å². The van der Waals surface area contributed by atoms with Gasteiger partial charge in [-0.3, -0.25) is 13.9 Å². The second-order valence-corrected chi connectivity index (χ2v) is 10.7. The zero-order valence-corrected chi connectivity index (χ0v) is 18.4. The number of likely N-dealkylation sites (tertiary alicyclic amines) is 1. The first-order valence-electron chi connectivity index (χ1n) is 10.5. The van der Waals surface area contributed by atoms with Crippen molar-refractivity contribution < 1.29 is 18.0 Å². The van der Waals surface area contributed by atoms with Gasteiger partial charge in [-0.25, -0.2) is 8.42 Å². The van der Waals surface area contributed by atoms with Gasteiger partial charge in [0.1, 0.15) is 0 Å². The third kappa shape index (κ3) is 4.74. The number of benzene rings is 2. The number of nitrogens with zero attached hydrogens (tertiary/aromatic N) is 2. The molecular formula is C23H27N3O4S. The fraction of sp³-hybridized carbons (Fsp3) is 0.391. The number of carbonyl (C=O) groups is 2. The molecule has 2 aliphatic heterocycles. The van der Waals surface area contributed by atoms with E-state index in [1.54, 1.807) is 29.2 Å². The lowest BCUT2D eigenvalue weighted by Gasteiger charge is -2.47. The molecule has 0 aliphatic carbocycles. The Labute approximate surface area is 183 Å². The Morgan fingerprint density at radius 2 is 1.68 bits per heavy atom. The molecule has 0 bridgehead atoms. The van der Waals surface area contributed by atoms with Crippen LogP contribution >= 0.6 is 0 Å². The van der Waals surface area contributed by atoms with Gasteiger partial charge < -0.3 is 10.2 Å². The molecule has 0 saturated carbocycles. The highest BCUT2D eigenvalue weighted by Crippen LogP contribution is 2.33. The van der Waals surface area contributed by atoms with Gasteiger partial charge in [0.25, 0.3) is 0 Å². The zero-order valence-electron chi connectivity index (χ0n) is 17.6. The molecule has 0 radical (unpaired) electrons. The number of amides is 2. The fourth-order valence-corrected chi connectivity index (χ4v) is 5.89. The normalized spacial score (nSPS) is 19.0. The third-order valence-electron chi connectivity index (χ3n) is 5.88. The predicted molar refractivity (Wildman–Crippen MR) is 119 cm³/mol. The van der Waals surface area contributed by atoms with E-state index in [0.717, 1.165) is 12.0 Å². The van der Waals surface area contributed by atoms with Crippen LogP contribution in [-0.4, -0.2) is 50.5 Å². The molecular weight excluding hydrogens is 414 g/mol. The van der Waals surface area contributed by atoms with E-state index in [9.17, 15) is 18.0 Å². The minimum absolute atomic E-state index is 0.0109. The van der Waals surface area contributed by atoms with E-state index in [1.165, 1.54) is 9.87 Å². The summed E-state index contributed by atoms with van der Waals surface area (Å²) in [5.74, 6) is -0.952. The minimum atomic E-state index is -3.21. The molecule has 0 unspecified atom stereocenters. The van der Waals surface area contributed by atoms with Gasteiger partial charge in [0.15, 0.2) is 0 Å². The summed E-state index contributed by atoms with van der Waals surface area (Å²) in [6, 6.07) is 17.2. The molecule has 2 fully saturated rings. The summed E-state index contributed by atoms with van der Waals surface area (Å²) in [5, 5.41) is 2.67. The van der Waals surface area contributed by atoms with Crippen LogP contribution in [0.1, 0.15) is 24.5 Å². The van der Waals surface area contributed by atoms with Crippen LogP contribution in [0.15, 0.2) is 54.6 Å². The van der Waals surface area contributed by atoms with Crippen molar-refractivity contribution in [3.05, 3.63) is 65.7 Å². The van der Waals surface area contributed by atoms with Crippen LogP contribution in [0.3, 0.4) is 0 Å². The molecule has 164 valence electrons. The van der Waals surface area contributed by atoms with Crippen molar-refractivity contribution in [2.45, 2.75) is 26.3 Å². The second-order valence-electron chi connectivity index (χ2n) is 8.73. The number of carbonyl (C=O) groups excluding carboxylic acids is 2. The number of anilines is 1. The van der Waals surface area contributed by atoms with E-state index >= 15 is 0 Å². The largest absolute Gasteiger partial charge is 0.344 e. The topological polar surface area (TPSA) is 86.8 Å². The van der Waals surface area contributed by atoms with Crippen LogP contribution in [0, 0.1) is 5.41 Å². The van der Waals surface area contributed by atoms with Gasteiger partial charge in [-0.15, -0.1) is 0 Å². The van der Waals surface area contributed by atoms with Crippen molar-refractivity contribution in [3.63, 3.8) is 0 Å². The number of nitrogens with one attached hydrogen (secondary N) is 1. The summed E-state index contributed by atoms with van der Waals surface area (Å²) in [7, 11) is -3.21. The van der Waals surface area contributed by atoms with Gasteiger partial charge in [0, 0.05) is 31.6 Å². The first-order valence-corrected chi connectivity index (χ1v) is 12.1. The van der Waals surface area contributed by atoms with Gasteiger partial charge in [-0.2, -0.15) is 0 Å². The lowest BCUT2D eigenvalue weighted by molar-refractivity contribution is -0.153. The third-order valence-corrected chi connectivity index (χ3v) is 7.75. The first-order chi connectivity index (χ1) is 14.8. The number of hydrogen-bond donors (Lipinski definition) is 1. The van der Waals surface area contributed by atoms with Gasteiger partial charge in [-0.05, 0) is 36.1 Å². The molecule has 7 nitrogen and oxygen atoms in total. The molecule has 31 heavy (non-hydrogen) atoms. The second kappa shape index (κ2) is 8.34. The Morgan fingerprint density at radius 3 is 2.29 bits per heavy atom. The number of rotatable bonds is 5. The Kier molecular flexibility index (Phi) is 5.75. The summed E-state index contributed by atoms with van der Waals surface area (Å²) in [6.07, 6.45) is 1.50. The maximum absolute atomic E-state index is 12.4. The zero-order chi connectivity index (χ0) is 22.1. The Hall–Kier alpha value is -2.87. The van der Waals surface area contributed by atoms with Crippen molar-refractivity contribution in [2.24, 2.45) is 5.41 Å². The van der Waals surface area contributed by atoms with Gasteiger partial charge in [0.2, 0.25) is 10.0 Å². The highest BCUT2D eigenvalue weighted by molar-refractivity contribution is 7.93. The van der Waals surface area contributed by atoms with E-state index in [4.69, 9.17) is 0 Å². The summed E-state index contributed by atoms with van der Waals surface area (Å²) in [4.78, 5) is 26.3. The standard InChI is InChI=1S/C23H27N3O4S/c1-23(14-18-6-3-2-4-7-18)16-25(17-23)22(28)21(27)24-15-19-8-10-20(11-9-19)26-12-5-13-31(26,29)30/h2-4,6-11H,5,12-17H2,1H3,(H,24,27). The molecule has 1 N–H and O–H groups in total. The fourth-order valence-electron chi connectivity index (χ4n) is 4.33. The maximum Gasteiger partial charge on any atom is 0.311 e. The van der Waals surface area contributed by atoms with Gasteiger partial charge >= 0.3 is 11.8 Å². The molecule has 0 spiro atoms. The molecule has 2 aromatic carbocycles. The van der Waals surface area contributed by atoms with Crippen LogP contribution in [-0.2, 0) is 32.6 Å². The van der Waals surface area contributed by atoms with Crippen molar-refractivity contribution in [1.82, 2.24) is 10.2 Å². The summed E-state index contributed by atoms with van der Waals surface area (Å²) in [6.45, 7) is 3.96. The summed E-state index contributed by atoms with van der Waals surface area (Å²) < 4.78 is 25.4. The molecule has 2 aromatic rings.